The zero-order chi connectivity index (χ0) is 19.6. The number of aliphatic hydroxyl groups excluding tert-OH is 1. The van der Waals surface area contributed by atoms with E-state index in [1.807, 2.05) is 74.5 Å². The summed E-state index contributed by atoms with van der Waals surface area (Å²) in [6, 6.07) is 18.7. The number of nitrogens with two attached hydrogens (primary N) is 1. The molecule has 0 spiro atoms. The van der Waals surface area contributed by atoms with Crippen molar-refractivity contribution in [1.82, 2.24) is 10.3 Å². The summed E-state index contributed by atoms with van der Waals surface area (Å²) in [6.07, 6.45) is -0.914. The molecule has 0 aromatic heterocycles. The number of aliphatic hydroxyl groups is 1. The Hall–Kier alpha value is -2.41. The molecule has 0 fully saturated rings. The average molecular weight is 371 g/mol. The zero-order valence-electron chi connectivity index (χ0n) is 15.9. The SMILES string of the molecule is CC(C)N(N)C[C@H](O)[C@H](Cc1ccccc1)NC(=O)OCc1ccccc1. The molecule has 0 heterocycles. The van der Waals surface area contributed by atoms with Gasteiger partial charge in [0.15, 0.2) is 0 Å². The van der Waals surface area contributed by atoms with Crippen LogP contribution in [0.2, 0.25) is 0 Å². The standard InChI is InChI=1S/C21H29N3O3/c1-16(2)24(22)14-20(25)19(13-17-9-5-3-6-10-17)23-21(26)27-15-18-11-7-4-8-12-18/h3-12,16,19-20,25H,13-15,22H2,1-2H3,(H,23,26)/t19-,20-/m0/s1. The van der Waals surface area contributed by atoms with E-state index in [1.54, 1.807) is 5.01 Å². The van der Waals surface area contributed by atoms with Gasteiger partial charge in [-0.1, -0.05) is 60.7 Å². The largest absolute Gasteiger partial charge is 0.445 e. The Morgan fingerprint density at radius 3 is 2.19 bits per heavy atom. The number of rotatable bonds is 9. The van der Waals surface area contributed by atoms with Crippen molar-refractivity contribution in [3.63, 3.8) is 0 Å². The maximum atomic E-state index is 12.3. The first kappa shape index (κ1) is 20.9. The maximum Gasteiger partial charge on any atom is 0.407 e. The van der Waals surface area contributed by atoms with Crippen LogP contribution in [0.25, 0.3) is 0 Å². The van der Waals surface area contributed by atoms with Gasteiger partial charge >= 0.3 is 6.09 Å². The van der Waals surface area contributed by atoms with Crippen molar-refractivity contribution in [3.05, 3.63) is 71.8 Å². The van der Waals surface area contributed by atoms with Crippen molar-refractivity contribution < 1.29 is 14.6 Å². The van der Waals surface area contributed by atoms with Gasteiger partial charge in [0.2, 0.25) is 0 Å². The molecule has 0 aliphatic heterocycles. The van der Waals surface area contributed by atoms with E-state index < -0.39 is 18.2 Å². The second kappa shape index (κ2) is 10.7. The lowest BCUT2D eigenvalue weighted by atomic mass is 10.0. The lowest BCUT2D eigenvalue weighted by Crippen LogP contribution is -2.52. The Balaban J connectivity index is 1.98. The van der Waals surface area contributed by atoms with Crippen LogP contribution in [0.1, 0.15) is 25.0 Å². The number of ether oxygens (including phenoxy) is 1. The van der Waals surface area contributed by atoms with Gasteiger partial charge in [-0.25, -0.2) is 9.80 Å². The molecule has 146 valence electrons. The lowest BCUT2D eigenvalue weighted by Gasteiger charge is -2.29. The third-order valence-electron chi connectivity index (χ3n) is 4.34. The fourth-order valence-corrected chi connectivity index (χ4v) is 2.62. The minimum atomic E-state index is -0.832. The number of carbonyl (C=O) groups excluding carboxylic acids is 1. The number of amides is 1. The summed E-state index contributed by atoms with van der Waals surface area (Å²) in [5.74, 6) is 5.94. The molecular formula is C21H29N3O3. The van der Waals surface area contributed by atoms with Crippen LogP contribution in [-0.2, 0) is 17.8 Å². The Morgan fingerprint density at radius 1 is 1.07 bits per heavy atom. The minimum Gasteiger partial charge on any atom is -0.445 e. The number of hydrogen-bond acceptors (Lipinski definition) is 5. The van der Waals surface area contributed by atoms with E-state index in [2.05, 4.69) is 5.32 Å². The van der Waals surface area contributed by atoms with Crippen LogP contribution < -0.4 is 11.2 Å². The van der Waals surface area contributed by atoms with Crippen molar-refractivity contribution in [2.45, 2.75) is 45.1 Å². The number of hydrazine groups is 1. The zero-order valence-corrected chi connectivity index (χ0v) is 15.9. The lowest BCUT2D eigenvalue weighted by molar-refractivity contribution is 0.0608. The summed E-state index contributed by atoms with van der Waals surface area (Å²) in [5.41, 5.74) is 1.92. The number of nitrogens with zero attached hydrogens (tertiary/aromatic N) is 1. The first-order valence-corrected chi connectivity index (χ1v) is 9.16. The number of alkyl carbamates (subject to hydrolysis) is 1. The van der Waals surface area contributed by atoms with E-state index in [9.17, 15) is 9.90 Å². The van der Waals surface area contributed by atoms with Crippen LogP contribution >= 0.6 is 0 Å². The molecule has 0 saturated heterocycles. The topological polar surface area (TPSA) is 87.8 Å². The first-order chi connectivity index (χ1) is 13.0. The molecule has 6 nitrogen and oxygen atoms in total. The van der Waals surface area contributed by atoms with E-state index in [1.165, 1.54) is 0 Å². The van der Waals surface area contributed by atoms with Crippen molar-refractivity contribution in [2.24, 2.45) is 5.84 Å². The summed E-state index contributed by atoms with van der Waals surface area (Å²) < 4.78 is 5.29. The minimum absolute atomic E-state index is 0.0852. The van der Waals surface area contributed by atoms with Crippen molar-refractivity contribution in [2.75, 3.05) is 6.54 Å². The predicted molar refractivity (Wildman–Crippen MR) is 106 cm³/mol. The summed E-state index contributed by atoms with van der Waals surface area (Å²) in [5, 5.41) is 15.0. The number of carbonyl (C=O) groups is 1. The highest BCUT2D eigenvalue weighted by molar-refractivity contribution is 5.67. The van der Waals surface area contributed by atoms with Gasteiger partial charge in [0.05, 0.1) is 12.1 Å². The van der Waals surface area contributed by atoms with Gasteiger partial charge in [-0.3, -0.25) is 5.84 Å². The normalized spacial score (nSPS) is 13.4. The van der Waals surface area contributed by atoms with Crippen molar-refractivity contribution in [1.29, 1.82) is 0 Å². The highest BCUT2D eigenvalue weighted by atomic mass is 16.5. The summed E-state index contributed by atoms with van der Waals surface area (Å²) in [4.78, 5) is 12.3. The molecule has 0 bridgehead atoms. The monoisotopic (exact) mass is 371 g/mol. The van der Waals surface area contributed by atoms with Gasteiger partial charge in [0.1, 0.15) is 6.61 Å². The van der Waals surface area contributed by atoms with Crippen molar-refractivity contribution in [3.8, 4) is 0 Å². The predicted octanol–water partition coefficient (Wildman–Crippen LogP) is 2.47. The Bertz CT molecular complexity index is 680. The van der Waals surface area contributed by atoms with Gasteiger partial charge < -0.3 is 15.2 Å². The third kappa shape index (κ3) is 7.38. The molecule has 2 rings (SSSR count). The van der Waals surface area contributed by atoms with E-state index in [0.717, 1.165) is 11.1 Å². The number of nitrogens with one attached hydrogen (secondary N) is 1. The quantitative estimate of drug-likeness (QED) is 0.466. The molecule has 0 unspecified atom stereocenters. The van der Waals surface area contributed by atoms with Gasteiger partial charge in [-0.2, -0.15) is 0 Å². The highest BCUT2D eigenvalue weighted by Gasteiger charge is 2.24. The van der Waals surface area contributed by atoms with E-state index >= 15 is 0 Å². The smallest absolute Gasteiger partial charge is 0.407 e. The summed E-state index contributed by atoms with van der Waals surface area (Å²) >= 11 is 0. The number of hydrogen-bond donors (Lipinski definition) is 3. The Morgan fingerprint density at radius 2 is 1.63 bits per heavy atom. The molecule has 2 aromatic rings. The fraction of sp³-hybridized carbons (Fsp3) is 0.381. The van der Waals surface area contributed by atoms with Crippen LogP contribution in [0.4, 0.5) is 4.79 Å². The second-order valence-electron chi connectivity index (χ2n) is 6.86. The van der Waals surface area contributed by atoms with Crippen molar-refractivity contribution >= 4 is 6.09 Å². The summed E-state index contributed by atoms with van der Waals surface area (Å²) in [7, 11) is 0. The molecule has 6 heteroatoms. The molecule has 2 aromatic carbocycles. The molecule has 27 heavy (non-hydrogen) atoms. The Kier molecular flexibility index (Phi) is 8.26. The first-order valence-electron chi connectivity index (χ1n) is 9.16. The van der Waals surface area contributed by atoms with Crippen LogP contribution in [-0.4, -0.2) is 40.9 Å². The summed E-state index contributed by atoms with van der Waals surface area (Å²) in [6.45, 7) is 4.31. The molecular weight excluding hydrogens is 342 g/mol. The van der Waals surface area contributed by atoms with Crippen LogP contribution in [0.5, 0.6) is 0 Å². The van der Waals surface area contributed by atoms with E-state index in [4.69, 9.17) is 10.6 Å². The van der Waals surface area contributed by atoms with Gasteiger partial charge in [-0.05, 0) is 31.4 Å². The van der Waals surface area contributed by atoms with E-state index in [0.29, 0.717) is 6.42 Å². The molecule has 4 N–H and O–H groups in total. The molecule has 0 aliphatic rings. The maximum absolute atomic E-state index is 12.3. The molecule has 0 saturated carbocycles. The van der Waals surface area contributed by atoms with Gasteiger partial charge in [0.25, 0.3) is 0 Å². The van der Waals surface area contributed by atoms with Crippen LogP contribution in [0, 0.1) is 0 Å². The van der Waals surface area contributed by atoms with E-state index in [-0.39, 0.29) is 19.2 Å². The van der Waals surface area contributed by atoms with Gasteiger partial charge in [0, 0.05) is 12.6 Å². The average Bonchev–Trinajstić information content (AvgIpc) is 2.67. The number of benzene rings is 2. The molecule has 0 radical (unpaired) electrons. The molecule has 0 aliphatic carbocycles. The molecule has 2 atom stereocenters. The fourth-order valence-electron chi connectivity index (χ4n) is 2.62. The Labute approximate surface area is 160 Å². The second-order valence-corrected chi connectivity index (χ2v) is 6.86. The van der Waals surface area contributed by atoms with Gasteiger partial charge in [-0.15, -0.1) is 0 Å². The molecule has 1 amide bonds. The van der Waals surface area contributed by atoms with Crippen LogP contribution in [0.3, 0.4) is 0 Å². The van der Waals surface area contributed by atoms with Crippen LogP contribution in [0.15, 0.2) is 60.7 Å². The third-order valence-corrected chi connectivity index (χ3v) is 4.34. The highest BCUT2D eigenvalue weighted by Crippen LogP contribution is 2.09.